The number of hydrogen-bond acceptors (Lipinski definition) is 4. The molecule has 0 aliphatic rings. The molecule has 0 aliphatic heterocycles. The summed E-state index contributed by atoms with van der Waals surface area (Å²) in [6, 6.07) is 3.16. The summed E-state index contributed by atoms with van der Waals surface area (Å²) in [5.41, 5.74) is 1.11. The van der Waals surface area contributed by atoms with E-state index in [1.807, 2.05) is 13.8 Å². The average Bonchev–Trinajstić information content (AvgIpc) is 2.13. The molecule has 0 saturated heterocycles. The van der Waals surface area contributed by atoms with Gasteiger partial charge in [0.05, 0.1) is 6.61 Å². The summed E-state index contributed by atoms with van der Waals surface area (Å²) in [5.74, 6) is 0.849. The lowest BCUT2D eigenvalue weighted by Gasteiger charge is -2.09. The molecule has 15 heavy (non-hydrogen) atoms. The number of pyridine rings is 1. The minimum atomic E-state index is -1.48. The maximum atomic E-state index is 9.02. The van der Waals surface area contributed by atoms with Gasteiger partial charge in [0, 0.05) is 11.8 Å². The molecule has 2 N–H and O–H groups in total. The molecule has 0 atom stereocenters. The van der Waals surface area contributed by atoms with Crippen LogP contribution in [0.3, 0.4) is 0 Å². The summed E-state index contributed by atoms with van der Waals surface area (Å²) in [6.07, 6.45) is 0. The molecule has 82 valence electrons. The van der Waals surface area contributed by atoms with Crippen LogP contribution in [0.1, 0.15) is 19.5 Å². The highest BCUT2D eigenvalue weighted by atomic mass is 16.5. The Morgan fingerprint density at radius 3 is 2.60 bits per heavy atom. The van der Waals surface area contributed by atoms with E-state index in [0.717, 1.165) is 0 Å². The van der Waals surface area contributed by atoms with Gasteiger partial charge < -0.3 is 14.8 Å². The highest BCUT2D eigenvalue weighted by Gasteiger charge is 2.13. The molecule has 0 spiro atoms. The third-order valence-electron chi connectivity index (χ3n) is 1.81. The van der Waals surface area contributed by atoms with Gasteiger partial charge in [-0.25, -0.2) is 4.98 Å². The van der Waals surface area contributed by atoms with Crippen molar-refractivity contribution in [3.63, 3.8) is 0 Å². The van der Waals surface area contributed by atoms with Crippen LogP contribution in [0.15, 0.2) is 12.1 Å². The van der Waals surface area contributed by atoms with Crippen molar-refractivity contribution in [2.75, 3.05) is 6.61 Å². The van der Waals surface area contributed by atoms with Gasteiger partial charge in [-0.3, -0.25) is 0 Å². The normalized spacial score (nSPS) is 10.5. The topological polar surface area (TPSA) is 62.6 Å². The van der Waals surface area contributed by atoms with Crippen molar-refractivity contribution in [3.05, 3.63) is 17.8 Å². The van der Waals surface area contributed by atoms with Crippen LogP contribution in [0.4, 0.5) is 0 Å². The van der Waals surface area contributed by atoms with Crippen LogP contribution in [0.2, 0.25) is 0 Å². The van der Waals surface area contributed by atoms with Crippen LogP contribution in [0.25, 0.3) is 0 Å². The maximum Gasteiger partial charge on any atom is 0.488 e. The molecule has 0 fully saturated rings. The van der Waals surface area contributed by atoms with E-state index in [2.05, 4.69) is 4.98 Å². The minimum Gasteiger partial charge on any atom is -0.477 e. The van der Waals surface area contributed by atoms with Crippen molar-refractivity contribution in [2.24, 2.45) is 5.92 Å². The van der Waals surface area contributed by atoms with Gasteiger partial charge in [0.25, 0.3) is 0 Å². The van der Waals surface area contributed by atoms with Crippen LogP contribution >= 0.6 is 0 Å². The molecule has 0 bridgehead atoms. The SMILES string of the molecule is Cc1cc(B(O)O)cc(OCC(C)C)n1. The second-order valence-electron chi connectivity index (χ2n) is 3.96. The third kappa shape index (κ3) is 3.89. The number of aryl methyl sites for hydroxylation is 1. The summed E-state index contributed by atoms with van der Waals surface area (Å²) >= 11 is 0. The monoisotopic (exact) mass is 209 g/mol. The Labute approximate surface area is 90.1 Å². The van der Waals surface area contributed by atoms with Gasteiger partial charge >= 0.3 is 7.12 Å². The Morgan fingerprint density at radius 1 is 1.40 bits per heavy atom. The first-order valence-electron chi connectivity index (χ1n) is 4.96. The molecule has 4 nitrogen and oxygen atoms in total. The van der Waals surface area contributed by atoms with Gasteiger partial charge in [-0.05, 0) is 24.4 Å². The summed E-state index contributed by atoms with van der Waals surface area (Å²) < 4.78 is 5.41. The van der Waals surface area contributed by atoms with Crippen molar-refractivity contribution in [1.29, 1.82) is 0 Å². The lowest BCUT2D eigenvalue weighted by Crippen LogP contribution is -2.30. The number of ether oxygens (including phenoxy) is 1. The highest BCUT2D eigenvalue weighted by Crippen LogP contribution is 2.07. The van der Waals surface area contributed by atoms with Crippen LogP contribution in [0, 0.1) is 12.8 Å². The van der Waals surface area contributed by atoms with Crippen molar-refractivity contribution in [1.82, 2.24) is 4.98 Å². The lowest BCUT2D eigenvalue weighted by molar-refractivity contribution is 0.261. The molecular formula is C10H16BNO3. The molecule has 0 saturated carbocycles. The standard InChI is InChI=1S/C10H16BNO3/c1-7(2)6-15-10-5-9(11(13)14)4-8(3)12-10/h4-5,7,13-14H,6H2,1-3H3. The zero-order valence-electron chi connectivity index (χ0n) is 9.27. The molecule has 5 heteroatoms. The predicted octanol–water partition coefficient (Wildman–Crippen LogP) is 0.105. The molecule has 1 heterocycles. The van der Waals surface area contributed by atoms with Gasteiger partial charge in [-0.15, -0.1) is 0 Å². The average molecular weight is 209 g/mol. The van der Waals surface area contributed by atoms with E-state index in [1.54, 1.807) is 19.1 Å². The summed E-state index contributed by atoms with van der Waals surface area (Å²) in [4.78, 5) is 4.14. The largest absolute Gasteiger partial charge is 0.488 e. The Bertz CT molecular complexity index is 328. The van der Waals surface area contributed by atoms with E-state index in [1.165, 1.54) is 0 Å². The Kier molecular flexibility index (Phi) is 4.11. The molecule has 0 unspecified atom stereocenters. The predicted molar refractivity (Wildman–Crippen MR) is 59.1 cm³/mol. The van der Waals surface area contributed by atoms with Crippen molar-refractivity contribution >= 4 is 12.6 Å². The summed E-state index contributed by atoms with van der Waals surface area (Å²) in [5, 5.41) is 18.0. The summed E-state index contributed by atoms with van der Waals surface area (Å²) in [6.45, 7) is 6.43. The first-order chi connectivity index (χ1) is 6.99. The van der Waals surface area contributed by atoms with E-state index >= 15 is 0 Å². The van der Waals surface area contributed by atoms with Gasteiger partial charge in [0.15, 0.2) is 0 Å². The maximum absolute atomic E-state index is 9.02. The molecule has 1 aromatic heterocycles. The van der Waals surface area contributed by atoms with E-state index in [9.17, 15) is 0 Å². The second-order valence-corrected chi connectivity index (χ2v) is 3.96. The van der Waals surface area contributed by atoms with Gasteiger partial charge in [-0.2, -0.15) is 0 Å². The number of aromatic nitrogens is 1. The smallest absolute Gasteiger partial charge is 0.477 e. The zero-order chi connectivity index (χ0) is 11.4. The summed E-state index contributed by atoms with van der Waals surface area (Å²) in [7, 11) is -1.48. The second kappa shape index (κ2) is 5.14. The van der Waals surface area contributed by atoms with Gasteiger partial charge in [0.2, 0.25) is 5.88 Å². The molecule has 1 rings (SSSR count). The van der Waals surface area contributed by atoms with Crippen molar-refractivity contribution in [3.8, 4) is 5.88 Å². The number of nitrogens with zero attached hydrogens (tertiary/aromatic N) is 1. The molecule has 0 aromatic carbocycles. The van der Waals surface area contributed by atoms with E-state index in [-0.39, 0.29) is 0 Å². The number of hydrogen-bond donors (Lipinski definition) is 2. The molecule has 0 radical (unpaired) electrons. The van der Waals surface area contributed by atoms with Crippen LogP contribution in [0.5, 0.6) is 5.88 Å². The first-order valence-corrected chi connectivity index (χ1v) is 4.96. The first kappa shape index (κ1) is 12.0. The molecule has 0 amide bonds. The third-order valence-corrected chi connectivity index (χ3v) is 1.81. The fourth-order valence-corrected chi connectivity index (χ4v) is 1.14. The van der Waals surface area contributed by atoms with Crippen molar-refractivity contribution in [2.45, 2.75) is 20.8 Å². The molecule has 1 aromatic rings. The van der Waals surface area contributed by atoms with Gasteiger partial charge in [0.1, 0.15) is 0 Å². The van der Waals surface area contributed by atoms with Gasteiger partial charge in [-0.1, -0.05) is 13.8 Å². The van der Waals surface area contributed by atoms with E-state index in [0.29, 0.717) is 29.6 Å². The Morgan fingerprint density at radius 2 is 2.07 bits per heavy atom. The zero-order valence-corrected chi connectivity index (χ0v) is 9.27. The molecular weight excluding hydrogens is 193 g/mol. The minimum absolute atomic E-state index is 0.404. The van der Waals surface area contributed by atoms with Crippen LogP contribution in [-0.4, -0.2) is 28.8 Å². The lowest BCUT2D eigenvalue weighted by atomic mass is 9.80. The Balaban J connectivity index is 2.79. The fourth-order valence-electron chi connectivity index (χ4n) is 1.14. The van der Waals surface area contributed by atoms with Crippen LogP contribution in [-0.2, 0) is 0 Å². The Hall–Kier alpha value is -1.07. The van der Waals surface area contributed by atoms with E-state index < -0.39 is 7.12 Å². The quantitative estimate of drug-likeness (QED) is 0.690. The number of rotatable bonds is 4. The van der Waals surface area contributed by atoms with Crippen LogP contribution < -0.4 is 10.2 Å². The van der Waals surface area contributed by atoms with Crippen molar-refractivity contribution < 1.29 is 14.8 Å². The highest BCUT2D eigenvalue weighted by molar-refractivity contribution is 6.58. The molecule has 0 aliphatic carbocycles. The van der Waals surface area contributed by atoms with E-state index in [4.69, 9.17) is 14.8 Å². The fraction of sp³-hybridized carbons (Fsp3) is 0.500.